The summed E-state index contributed by atoms with van der Waals surface area (Å²) in [5, 5.41) is 0. The van der Waals surface area contributed by atoms with Gasteiger partial charge in [-0.2, -0.15) is 0 Å². The van der Waals surface area contributed by atoms with Crippen LogP contribution in [0.4, 0.5) is 0 Å². The summed E-state index contributed by atoms with van der Waals surface area (Å²) in [6.07, 6.45) is 3.42. The number of carbonyl (C=O) groups is 1. The third-order valence-electron chi connectivity index (χ3n) is 3.34. The van der Waals surface area contributed by atoms with Gasteiger partial charge in [0.1, 0.15) is 5.75 Å². The minimum Gasteiger partial charge on any atom is -0.423 e. The molecule has 0 saturated carbocycles. The quantitative estimate of drug-likeness (QED) is 0.458. The molecule has 0 aromatic heterocycles. The van der Waals surface area contributed by atoms with Gasteiger partial charge in [0.25, 0.3) is 0 Å². The smallest absolute Gasteiger partial charge is 0.343 e. The molecule has 0 amide bonds. The molecule has 2 aromatic rings. The van der Waals surface area contributed by atoms with E-state index in [0.29, 0.717) is 11.3 Å². The Morgan fingerprint density at radius 2 is 1.89 bits per heavy atom. The molecule has 0 unspecified atom stereocenters. The Kier molecular flexibility index (Phi) is 3.55. The molecular weight excluding hydrogens is 351 g/mol. The molecule has 0 saturated heterocycles. The first-order chi connectivity index (χ1) is 9.22. The number of hydrogen-bond donors (Lipinski definition) is 0. The lowest BCUT2D eigenvalue weighted by Gasteiger charge is -2.06. The number of fused-ring (bicyclic) bond motifs is 1. The third-order valence-corrected chi connectivity index (χ3v) is 4.01. The molecule has 0 fully saturated rings. The van der Waals surface area contributed by atoms with E-state index >= 15 is 0 Å². The largest absolute Gasteiger partial charge is 0.423 e. The Hall–Kier alpha value is -1.36. The Bertz CT molecular complexity index is 634. The highest BCUT2D eigenvalue weighted by molar-refractivity contribution is 14.1. The summed E-state index contributed by atoms with van der Waals surface area (Å²) in [5.41, 5.74) is 3.29. The fourth-order valence-corrected chi connectivity index (χ4v) is 2.94. The molecule has 0 N–H and O–H groups in total. The monoisotopic (exact) mass is 364 g/mol. The summed E-state index contributed by atoms with van der Waals surface area (Å²) in [6.45, 7) is 0. The van der Waals surface area contributed by atoms with Crippen molar-refractivity contribution in [1.29, 1.82) is 0 Å². The fourth-order valence-electron chi connectivity index (χ4n) is 2.39. The van der Waals surface area contributed by atoms with Crippen LogP contribution in [0.3, 0.4) is 0 Å². The van der Waals surface area contributed by atoms with E-state index in [1.807, 2.05) is 30.3 Å². The summed E-state index contributed by atoms with van der Waals surface area (Å²) in [7, 11) is 0. The summed E-state index contributed by atoms with van der Waals surface area (Å²) in [4.78, 5) is 12.0. The van der Waals surface area contributed by atoms with Gasteiger partial charge in [-0.3, -0.25) is 0 Å². The van der Waals surface area contributed by atoms with Crippen LogP contribution in [0.15, 0.2) is 42.5 Å². The van der Waals surface area contributed by atoms with E-state index in [0.717, 1.165) is 16.4 Å². The van der Waals surface area contributed by atoms with Gasteiger partial charge in [-0.25, -0.2) is 4.79 Å². The molecule has 0 spiro atoms. The topological polar surface area (TPSA) is 26.3 Å². The highest BCUT2D eigenvalue weighted by atomic mass is 127. The maximum absolute atomic E-state index is 12.0. The van der Waals surface area contributed by atoms with E-state index < -0.39 is 0 Å². The minimum atomic E-state index is -0.295. The van der Waals surface area contributed by atoms with Gasteiger partial charge in [0.2, 0.25) is 0 Å². The van der Waals surface area contributed by atoms with Gasteiger partial charge in [0.15, 0.2) is 0 Å². The molecule has 3 rings (SSSR count). The highest BCUT2D eigenvalue weighted by Crippen LogP contribution is 2.26. The lowest BCUT2D eigenvalue weighted by atomic mass is 10.1. The van der Waals surface area contributed by atoms with Crippen molar-refractivity contribution in [3.63, 3.8) is 0 Å². The predicted molar refractivity (Wildman–Crippen MR) is 82.6 cm³/mol. The highest BCUT2D eigenvalue weighted by Gasteiger charge is 2.13. The molecule has 0 aliphatic heterocycles. The van der Waals surface area contributed by atoms with Gasteiger partial charge < -0.3 is 4.74 Å². The Labute approximate surface area is 125 Å². The molecule has 0 bridgehead atoms. The average molecular weight is 364 g/mol. The van der Waals surface area contributed by atoms with Crippen LogP contribution in [-0.2, 0) is 12.8 Å². The van der Waals surface area contributed by atoms with E-state index in [-0.39, 0.29) is 5.97 Å². The van der Waals surface area contributed by atoms with Crippen molar-refractivity contribution in [2.45, 2.75) is 19.3 Å². The predicted octanol–water partition coefficient (Wildman–Crippen LogP) is 4.00. The van der Waals surface area contributed by atoms with E-state index in [1.165, 1.54) is 17.5 Å². The zero-order valence-corrected chi connectivity index (χ0v) is 12.5. The van der Waals surface area contributed by atoms with Crippen LogP contribution in [0.2, 0.25) is 0 Å². The molecule has 96 valence electrons. The summed E-state index contributed by atoms with van der Waals surface area (Å²) < 4.78 is 6.47. The van der Waals surface area contributed by atoms with Gasteiger partial charge in [0, 0.05) is 3.57 Å². The number of esters is 1. The van der Waals surface area contributed by atoms with Crippen molar-refractivity contribution in [3.05, 3.63) is 62.7 Å². The van der Waals surface area contributed by atoms with Crippen LogP contribution in [0.5, 0.6) is 5.75 Å². The molecule has 19 heavy (non-hydrogen) atoms. The van der Waals surface area contributed by atoms with E-state index in [2.05, 4.69) is 28.7 Å². The molecule has 3 heteroatoms. The zero-order valence-electron chi connectivity index (χ0n) is 10.4. The van der Waals surface area contributed by atoms with Crippen molar-refractivity contribution >= 4 is 28.6 Å². The van der Waals surface area contributed by atoms with Crippen LogP contribution in [0.1, 0.15) is 27.9 Å². The molecule has 0 radical (unpaired) electrons. The lowest BCUT2D eigenvalue weighted by Crippen LogP contribution is -2.08. The lowest BCUT2D eigenvalue weighted by molar-refractivity contribution is 0.0734. The Balaban J connectivity index is 1.80. The van der Waals surface area contributed by atoms with Gasteiger partial charge >= 0.3 is 5.97 Å². The molecular formula is C16H13IO2. The van der Waals surface area contributed by atoms with Crippen LogP contribution in [0.25, 0.3) is 0 Å². The summed E-state index contributed by atoms with van der Waals surface area (Å²) in [6, 6.07) is 13.4. The number of ether oxygens (including phenoxy) is 1. The normalized spacial score (nSPS) is 13.1. The Morgan fingerprint density at radius 3 is 2.74 bits per heavy atom. The maximum atomic E-state index is 12.0. The first-order valence-electron chi connectivity index (χ1n) is 6.32. The molecule has 2 aromatic carbocycles. The maximum Gasteiger partial charge on any atom is 0.343 e. The second-order valence-electron chi connectivity index (χ2n) is 4.68. The summed E-state index contributed by atoms with van der Waals surface area (Å²) in [5.74, 6) is 0.348. The molecule has 0 heterocycles. The van der Waals surface area contributed by atoms with Crippen molar-refractivity contribution in [2.24, 2.45) is 0 Å². The standard InChI is InChI=1S/C16H13IO2/c17-14-6-2-5-13(9-14)16(18)19-15-8-7-11-3-1-4-12(11)10-15/h2,5-10H,1,3-4H2. The minimum absolute atomic E-state index is 0.295. The van der Waals surface area contributed by atoms with Gasteiger partial charge in [-0.05, 0) is 83.3 Å². The number of hydrogen-bond acceptors (Lipinski definition) is 2. The van der Waals surface area contributed by atoms with Crippen LogP contribution in [-0.4, -0.2) is 5.97 Å². The van der Waals surface area contributed by atoms with Crippen molar-refractivity contribution < 1.29 is 9.53 Å². The first-order valence-corrected chi connectivity index (χ1v) is 7.40. The number of rotatable bonds is 2. The number of aryl methyl sites for hydroxylation is 2. The molecule has 0 atom stereocenters. The fraction of sp³-hybridized carbons (Fsp3) is 0.188. The molecule has 1 aliphatic carbocycles. The SMILES string of the molecule is O=C(Oc1ccc2c(c1)CCC2)c1cccc(I)c1. The first kappa shape index (κ1) is 12.7. The number of carbonyl (C=O) groups excluding carboxylic acids is 1. The summed E-state index contributed by atoms with van der Waals surface area (Å²) >= 11 is 2.19. The Morgan fingerprint density at radius 1 is 1.05 bits per heavy atom. The van der Waals surface area contributed by atoms with E-state index in [4.69, 9.17) is 4.74 Å². The van der Waals surface area contributed by atoms with Crippen molar-refractivity contribution in [3.8, 4) is 5.75 Å². The second-order valence-corrected chi connectivity index (χ2v) is 5.93. The van der Waals surface area contributed by atoms with Crippen molar-refractivity contribution in [1.82, 2.24) is 0 Å². The zero-order chi connectivity index (χ0) is 13.2. The van der Waals surface area contributed by atoms with E-state index in [1.54, 1.807) is 6.07 Å². The third kappa shape index (κ3) is 2.81. The second kappa shape index (κ2) is 5.33. The van der Waals surface area contributed by atoms with Crippen molar-refractivity contribution in [2.75, 3.05) is 0 Å². The molecule has 1 aliphatic rings. The molecule has 2 nitrogen and oxygen atoms in total. The van der Waals surface area contributed by atoms with Crippen LogP contribution in [0, 0.1) is 3.57 Å². The van der Waals surface area contributed by atoms with Gasteiger partial charge in [0.05, 0.1) is 5.56 Å². The van der Waals surface area contributed by atoms with Crippen LogP contribution >= 0.6 is 22.6 Å². The van der Waals surface area contributed by atoms with Gasteiger partial charge in [-0.1, -0.05) is 12.1 Å². The van der Waals surface area contributed by atoms with E-state index in [9.17, 15) is 4.79 Å². The number of benzene rings is 2. The van der Waals surface area contributed by atoms with Crippen LogP contribution < -0.4 is 4.74 Å². The van der Waals surface area contributed by atoms with Gasteiger partial charge in [-0.15, -0.1) is 0 Å². The number of halogens is 1. The average Bonchev–Trinajstić information content (AvgIpc) is 2.86.